The maximum atomic E-state index is 5.60. The van der Waals surface area contributed by atoms with Crippen molar-refractivity contribution in [1.82, 2.24) is 0 Å². The zero-order valence-corrected chi connectivity index (χ0v) is 11.0. The van der Waals surface area contributed by atoms with Gasteiger partial charge >= 0.3 is 0 Å². The molecule has 0 radical (unpaired) electrons. The van der Waals surface area contributed by atoms with Gasteiger partial charge in [-0.2, -0.15) is 0 Å². The molecule has 1 rings (SSSR count). The van der Waals surface area contributed by atoms with Crippen LogP contribution in [0.25, 0.3) is 6.08 Å². The minimum absolute atomic E-state index is 0.699. The highest BCUT2D eigenvalue weighted by molar-refractivity contribution is 6.17. The van der Waals surface area contributed by atoms with Crippen molar-refractivity contribution in [3.8, 4) is 0 Å². The van der Waals surface area contributed by atoms with Gasteiger partial charge in [0.1, 0.15) is 0 Å². The standard InChI is InChI=1S/C15H21ClO/c16-12-6-1-2-7-13-17-14-8-11-15-9-4-3-5-10-15/h3-5,8-11H,1-2,6-7,12-14H2. The first-order valence-electron chi connectivity index (χ1n) is 6.29. The molecular weight excluding hydrogens is 232 g/mol. The molecule has 0 aromatic heterocycles. The van der Waals surface area contributed by atoms with Crippen molar-refractivity contribution in [2.75, 3.05) is 19.1 Å². The molecule has 1 aromatic carbocycles. The van der Waals surface area contributed by atoms with Gasteiger partial charge in [0.2, 0.25) is 0 Å². The summed E-state index contributed by atoms with van der Waals surface area (Å²) < 4.78 is 5.52. The second-order valence-corrected chi connectivity index (χ2v) is 4.37. The van der Waals surface area contributed by atoms with E-state index < -0.39 is 0 Å². The fourth-order valence-electron chi connectivity index (χ4n) is 1.55. The lowest BCUT2D eigenvalue weighted by Crippen LogP contribution is -1.94. The molecule has 94 valence electrons. The highest BCUT2D eigenvalue weighted by atomic mass is 35.5. The van der Waals surface area contributed by atoms with Gasteiger partial charge in [-0.3, -0.25) is 0 Å². The number of benzene rings is 1. The molecular formula is C15H21ClO. The van der Waals surface area contributed by atoms with Crippen LogP contribution in [0.2, 0.25) is 0 Å². The third kappa shape index (κ3) is 8.00. The summed E-state index contributed by atoms with van der Waals surface area (Å²) in [6, 6.07) is 10.3. The summed E-state index contributed by atoms with van der Waals surface area (Å²) in [5, 5.41) is 0. The summed E-state index contributed by atoms with van der Waals surface area (Å²) >= 11 is 5.60. The molecule has 0 spiro atoms. The summed E-state index contributed by atoms with van der Waals surface area (Å²) in [5.74, 6) is 0.778. The van der Waals surface area contributed by atoms with Crippen molar-refractivity contribution in [2.45, 2.75) is 25.7 Å². The van der Waals surface area contributed by atoms with Gasteiger partial charge in [-0.15, -0.1) is 11.6 Å². The Bertz CT molecular complexity index is 295. The number of hydrogen-bond acceptors (Lipinski definition) is 1. The van der Waals surface area contributed by atoms with E-state index >= 15 is 0 Å². The fourth-order valence-corrected chi connectivity index (χ4v) is 1.74. The summed E-state index contributed by atoms with van der Waals surface area (Å²) in [5.41, 5.74) is 1.22. The van der Waals surface area contributed by atoms with Gasteiger partial charge in [0.25, 0.3) is 0 Å². The largest absolute Gasteiger partial charge is 0.377 e. The minimum atomic E-state index is 0.699. The molecule has 0 N–H and O–H groups in total. The average Bonchev–Trinajstić information content (AvgIpc) is 2.38. The number of alkyl halides is 1. The monoisotopic (exact) mass is 252 g/mol. The van der Waals surface area contributed by atoms with Crippen molar-refractivity contribution >= 4 is 17.7 Å². The fraction of sp³-hybridized carbons (Fsp3) is 0.467. The van der Waals surface area contributed by atoms with E-state index in [0.29, 0.717) is 6.61 Å². The van der Waals surface area contributed by atoms with Gasteiger partial charge in [0.05, 0.1) is 6.61 Å². The molecule has 0 aliphatic heterocycles. The van der Waals surface area contributed by atoms with Crippen LogP contribution in [-0.4, -0.2) is 19.1 Å². The van der Waals surface area contributed by atoms with Gasteiger partial charge in [0.15, 0.2) is 0 Å². The molecule has 2 heteroatoms. The molecule has 0 unspecified atom stereocenters. The van der Waals surface area contributed by atoms with Crippen molar-refractivity contribution in [1.29, 1.82) is 0 Å². The molecule has 0 fully saturated rings. The molecule has 0 aliphatic carbocycles. The smallest absolute Gasteiger partial charge is 0.0650 e. The number of unbranched alkanes of at least 4 members (excludes halogenated alkanes) is 3. The summed E-state index contributed by atoms with van der Waals surface area (Å²) in [7, 11) is 0. The molecule has 0 aliphatic rings. The number of ether oxygens (including phenoxy) is 1. The maximum Gasteiger partial charge on any atom is 0.0650 e. The normalized spacial score (nSPS) is 11.1. The van der Waals surface area contributed by atoms with E-state index in [0.717, 1.165) is 25.3 Å². The molecule has 0 amide bonds. The van der Waals surface area contributed by atoms with Crippen LogP contribution in [0.1, 0.15) is 31.2 Å². The Morgan fingerprint density at radius 1 is 1.00 bits per heavy atom. The number of halogens is 1. The second kappa shape index (κ2) is 10.4. The predicted molar refractivity (Wildman–Crippen MR) is 75.5 cm³/mol. The Kier molecular flexibility index (Phi) is 8.71. The first-order valence-corrected chi connectivity index (χ1v) is 6.82. The molecule has 0 bridgehead atoms. The van der Waals surface area contributed by atoms with E-state index in [4.69, 9.17) is 16.3 Å². The van der Waals surface area contributed by atoms with Gasteiger partial charge < -0.3 is 4.74 Å². The van der Waals surface area contributed by atoms with E-state index in [9.17, 15) is 0 Å². The lowest BCUT2D eigenvalue weighted by atomic mass is 10.2. The SMILES string of the molecule is ClCCCCCCOCC=Cc1ccccc1. The predicted octanol–water partition coefficient (Wildman–Crippen LogP) is 4.52. The molecule has 1 nitrogen and oxygen atoms in total. The van der Waals surface area contributed by atoms with E-state index in [-0.39, 0.29) is 0 Å². The minimum Gasteiger partial charge on any atom is -0.377 e. The van der Waals surface area contributed by atoms with Crippen LogP contribution in [0.5, 0.6) is 0 Å². The van der Waals surface area contributed by atoms with E-state index in [1.165, 1.54) is 18.4 Å². The van der Waals surface area contributed by atoms with Gasteiger partial charge in [-0.05, 0) is 18.4 Å². The molecule has 1 aromatic rings. The van der Waals surface area contributed by atoms with E-state index in [2.05, 4.69) is 24.3 Å². The van der Waals surface area contributed by atoms with Crippen molar-refractivity contribution in [3.05, 3.63) is 42.0 Å². The Balaban J connectivity index is 1.95. The van der Waals surface area contributed by atoms with Gasteiger partial charge in [0, 0.05) is 12.5 Å². The van der Waals surface area contributed by atoms with Crippen molar-refractivity contribution in [2.24, 2.45) is 0 Å². The van der Waals surface area contributed by atoms with Crippen LogP contribution in [0.3, 0.4) is 0 Å². The molecule has 0 saturated heterocycles. The first-order chi connectivity index (χ1) is 8.43. The molecule has 0 atom stereocenters. The lowest BCUT2D eigenvalue weighted by molar-refractivity contribution is 0.157. The van der Waals surface area contributed by atoms with Crippen LogP contribution < -0.4 is 0 Å². The Morgan fingerprint density at radius 2 is 1.76 bits per heavy atom. The summed E-state index contributed by atoms with van der Waals surface area (Å²) in [4.78, 5) is 0. The second-order valence-electron chi connectivity index (χ2n) is 3.99. The molecule has 0 saturated carbocycles. The molecule has 0 heterocycles. The summed E-state index contributed by atoms with van der Waals surface area (Å²) in [6.45, 7) is 1.55. The van der Waals surface area contributed by atoms with Crippen molar-refractivity contribution in [3.63, 3.8) is 0 Å². The lowest BCUT2D eigenvalue weighted by Gasteiger charge is -2.00. The third-order valence-electron chi connectivity index (χ3n) is 2.50. The first kappa shape index (κ1) is 14.3. The maximum absolute atomic E-state index is 5.60. The highest BCUT2D eigenvalue weighted by Crippen LogP contribution is 2.02. The van der Waals surface area contributed by atoms with Crippen LogP contribution in [0, 0.1) is 0 Å². The Hall–Kier alpha value is -0.790. The zero-order chi connectivity index (χ0) is 12.2. The Labute approximate surface area is 109 Å². The van der Waals surface area contributed by atoms with Crippen LogP contribution in [0.4, 0.5) is 0 Å². The topological polar surface area (TPSA) is 9.23 Å². The Morgan fingerprint density at radius 3 is 2.53 bits per heavy atom. The van der Waals surface area contributed by atoms with Gasteiger partial charge in [-0.25, -0.2) is 0 Å². The third-order valence-corrected chi connectivity index (χ3v) is 2.76. The van der Waals surface area contributed by atoms with E-state index in [1.807, 2.05) is 18.2 Å². The van der Waals surface area contributed by atoms with E-state index in [1.54, 1.807) is 0 Å². The average molecular weight is 253 g/mol. The molecule has 17 heavy (non-hydrogen) atoms. The summed E-state index contributed by atoms with van der Waals surface area (Å²) in [6.07, 6.45) is 8.84. The quantitative estimate of drug-likeness (QED) is 0.464. The highest BCUT2D eigenvalue weighted by Gasteiger charge is 1.89. The number of rotatable bonds is 9. The zero-order valence-electron chi connectivity index (χ0n) is 10.3. The number of hydrogen-bond donors (Lipinski definition) is 0. The van der Waals surface area contributed by atoms with Crippen LogP contribution >= 0.6 is 11.6 Å². The van der Waals surface area contributed by atoms with Crippen LogP contribution in [-0.2, 0) is 4.74 Å². The van der Waals surface area contributed by atoms with Gasteiger partial charge in [-0.1, -0.05) is 55.3 Å². The van der Waals surface area contributed by atoms with Crippen LogP contribution in [0.15, 0.2) is 36.4 Å². The van der Waals surface area contributed by atoms with Crippen molar-refractivity contribution < 1.29 is 4.74 Å².